The fraction of sp³-hybridized carbons (Fsp3) is 0.321. The second-order valence-corrected chi connectivity index (χ2v) is 7.33. The first-order chi connectivity index (χ1) is 23.3. The van der Waals surface area contributed by atoms with Crippen LogP contribution in [0.5, 0.6) is 5.75 Å². The predicted octanol–water partition coefficient (Wildman–Crippen LogP) is 3.96. The summed E-state index contributed by atoms with van der Waals surface area (Å²) in [5.41, 5.74) is 0.615. The Kier molecular flexibility index (Phi) is 2.29. The van der Waals surface area contributed by atoms with Gasteiger partial charge >= 0.3 is 0 Å². The van der Waals surface area contributed by atoms with Gasteiger partial charge in [-0.3, -0.25) is 4.79 Å². The van der Waals surface area contributed by atoms with Gasteiger partial charge in [-0.2, -0.15) is 0 Å². The Morgan fingerprint density at radius 3 is 2.47 bits per heavy atom. The molecule has 0 unspecified atom stereocenters. The van der Waals surface area contributed by atoms with Crippen molar-refractivity contribution in [3.63, 3.8) is 0 Å². The van der Waals surface area contributed by atoms with Gasteiger partial charge in [-0.25, -0.2) is 0 Å². The molecule has 3 aromatic carbocycles. The van der Waals surface area contributed by atoms with E-state index in [0.29, 0.717) is 0 Å². The lowest BCUT2D eigenvalue weighted by atomic mass is 9.64. The smallest absolute Gasteiger partial charge is 0.232 e. The maximum atomic E-state index is 13.9. The maximum absolute atomic E-state index is 13.9. The number of amides is 1. The lowest BCUT2D eigenvalue weighted by molar-refractivity contribution is -0.123. The van der Waals surface area contributed by atoms with Gasteiger partial charge in [0, 0.05) is 24.9 Å². The van der Waals surface area contributed by atoms with Crippen LogP contribution in [0.2, 0.25) is 0 Å². The second-order valence-electron chi connectivity index (χ2n) is 7.33. The second kappa shape index (κ2) is 8.79. The van der Waals surface area contributed by atoms with E-state index >= 15 is 0 Å². The van der Waals surface area contributed by atoms with E-state index in [1.807, 2.05) is 0 Å². The van der Waals surface area contributed by atoms with Crippen molar-refractivity contribution in [2.45, 2.75) is 24.6 Å². The average Bonchev–Trinajstić information content (AvgIpc) is 3.62. The number of benzene rings is 3. The highest BCUT2D eigenvalue weighted by Gasteiger charge is 2.49. The minimum Gasteiger partial charge on any atom is -0.493 e. The number of hydrogen-bond donors (Lipinski definition) is 1. The van der Waals surface area contributed by atoms with Gasteiger partial charge in [0.1, 0.15) is 11.2 Å². The lowest BCUT2D eigenvalue weighted by Crippen LogP contribution is -2.49. The van der Waals surface area contributed by atoms with Gasteiger partial charge in [-0.1, -0.05) is 72.5 Å². The highest BCUT2D eigenvalue weighted by Crippen LogP contribution is 2.43. The van der Waals surface area contributed by atoms with Crippen molar-refractivity contribution in [2.75, 3.05) is 26.1 Å². The van der Waals surface area contributed by atoms with Crippen LogP contribution in [0.25, 0.3) is 0 Å². The summed E-state index contributed by atoms with van der Waals surface area (Å²) < 4.78 is 165. The van der Waals surface area contributed by atoms with E-state index in [1.165, 1.54) is 0 Å². The number of rotatable bonds is 7. The molecule has 164 valence electrons. The van der Waals surface area contributed by atoms with Crippen LogP contribution in [-0.4, -0.2) is 37.0 Å². The molecule has 5 rings (SSSR count). The average molecular weight is 446 g/mol. The molecule has 0 spiro atoms. The van der Waals surface area contributed by atoms with E-state index in [9.17, 15) is 4.79 Å². The van der Waals surface area contributed by atoms with E-state index in [0.717, 1.165) is 4.90 Å². The number of primary amides is 1. The molecular formula is C28H30N2O2. The summed E-state index contributed by atoms with van der Waals surface area (Å²) in [4.78, 5) is 15.0. The van der Waals surface area contributed by atoms with Crippen LogP contribution in [0.15, 0.2) is 78.6 Å². The van der Waals surface area contributed by atoms with Crippen LogP contribution < -0.4 is 10.5 Å². The Morgan fingerprint density at radius 1 is 1.12 bits per heavy atom. The molecular weight excluding hydrogens is 396 g/mol. The molecule has 4 heteroatoms. The molecule has 2 aliphatic rings. The summed E-state index contributed by atoms with van der Waals surface area (Å²) in [5, 5.41) is 0. The Balaban J connectivity index is 1.71. The van der Waals surface area contributed by atoms with Gasteiger partial charge in [0.05, 0.1) is 27.1 Å². The Morgan fingerprint density at radius 2 is 1.81 bits per heavy atom. The summed E-state index contributed by atoms with van der Waals surface area (Å²) in [6.07, 6.45) is -4.04. The monoisotopic (exact) mass is 445 g/mol. The maximum Gasteiger partial charge on any atom is 0.232 e. The van der Waals surface area contributed by atoms with E-state index in [2.05, 4.69) is 0 Å². The molecule has 0 radical (unpaired) electrons. The summed E-state index contributed by atoms with van der Waals surface area (Å²) in [7, 11) is 0. The molecule has 2 heterocycles. The van der Waals surface area contributed by atoms with Gasteiger partial charge in [0.25, 0.3) is 0 Å². The molecule has 1 saturated heterocycles. The van der Waals surface area contributed by atoms with Crippen LogP contribution in [0.1, 0.15) is 54.7 Å². The number of nitrogens with zero attached hydrogens (tertiary/aromatic N) is 1. The van der Waals surface area contributed by atoms with Crippen molar-refractivity contribution < 1.29 is 35.6 Å². The number of likely N-dealkylation sites (tertiary alicyclic amines) is 1. The molecule has 3 aromatic rings. The van der Waals surface area contributed by atoms with Gasteiger partial charge in [0.15, 0.2) is 0 Å². The highest BCUT2D eigenvalue weighted by atomic mass is 16.5. The number of carbonyl (C=O) groups excluding carboxylic acids is 1. The molecule has 1 amide bonds. The molecule has 2 aliphatic heterocycles. The van der Waals surface area contributed by atoms with E-state index in [4.69, 9.17) is 36.5 Å². The number of fused-ring (bicyclic) bond motifs is 1. The molecule has 0 aromatic heterocycles. The summed E-state index contributed by atoms with van der Waals surface area (Å²) in [6.45, 7) is -6.41. The number of nitrogens with two attached hydrogens (primary N) is 1. The summed E-state index contributed by atoms with van der Waals surface area (Å²) in [5.74, 6) is -3.50. The third-order valence-corrected chi connectivity index (χ3v) is 5.62. The van der Waals surface area contributed by atoms with Crippen LogP contribution >= 0.6 is 0 Å². The highest BCUT2D eigenvalue weighted by molar-refractivity contribution is 5.91. The number of hydrogen-bond acceptors (Lipinski definition) is 3. The molecule has 2 N–H and O–H groups in total. The fourth-order valence-electron chi connectivity index (χ4n) is 4.14. The van der Waals surface area contributed by atoms with Crippen molar-refractivity contribution in [3.8, 4) is 5.75 Å². The lowest BCUT2D eigenvalue weighted by Gasteiger charge is -2.37. The van der Waals surface area contributed by atoms with Gasteiger partial charge in [-0.15, -0.1) is 0 Å². The Labute approximate surface area is 216 Å². The molecule has 1 fully saturated rings. The van der Waals surface area contributed by atoms with Gasteiger partial charge in [-0.05, 0) is 53.6 Å². The van der Waals surface area contributed by atoms with E-state index in [-0.39, 0.29) is 13.0 Å². The van der Waals surface area contributed by atoms with E-state index in [1.54, 1.807) is 0 Å². The standard InChI is InChI=1S/C28H30N2O2/c29-27(31)28(23-7-3-1-4-8-23,24-9-5-2-6-10-24)25-14-17-30(20-25)16-13-21-11-12-26-22(19-21)15-18-32-26/h1-12,19,25H,13-18,20H2,(H2,29,31)/t25-/m1/s1/i1D,2D,3D,4D,5D,6D,7D,8D,9D,10D,11D,12D,15D2,16D2,18D2,19D. The third kappa shape index (κ3) is 3.69. The first kappa shape index (κ1) is 8.35. The van der Waals surface area contributed by atoms with Gasteiger partial charge in [0.2, 0.25) is 5.91 Å². The van der Waals surface area contributed by atoms with Crippen LogP contribution in [0.4, 0.5) is 0 Å². The Hall–Kier alpha value is -3.11. The predicted molar refractivity (Wildman–Crippen MR) is 127 cm³/mol. The first-order valence-corrected chi connectivity index (χ1v) is 9.82. The minimum absolute atomic E-state index is 0.251. The molecule has 1 atom stereocenters. The summed E-state index contributed by atoms with van der Waals surface area (Å²) >= 11 is 0. The largest absolute Gasteiger partial charge is 0.493 e. The molecule has 4 nitrogen and oxygen atoms in total. The quantitative estimate of drug-likeness (QED) is 0.599. The van der Waals surface area contributed by atoms with Crippen LogP contribution in [-0.2, 0) is 23.0 Å². The normalized spacial score (nSPS) is 30.4. The van der Waals surface area contributed by atoms with Crippen molar-refractivity contribution in [3.05, 3.63) is 101 Å². The van der Waals surface area contributed by atoms with Crippen molar-refractivity contribution in [2.24, 2.45) is 11.7 Å². The van der Waals surface area contributed by atoms with Crippen LogP contribution in [0.3, 0.4) is 0 Å². The number of carbonyl (C=O) groups is 1. The zero-order valence-electron chi connectivity index (χ0n) is 35.7. The number of ether oxygens (including phenoxy) is 1. The third-order valence-electron chi connectivity index (χ3n) is 5.62. The fourth-order valence-corrected chi connectivity index (χ4v) is 4.14. The van der Waals surface area contributed by atoms with Crippen LogP contribution in [0, 0.1) is 5.92 Å². The summed E-state index contributed by atoms with van der Waals surface area (Å²) in [6, 6.07) is -11.3. The SMILES string of the molecule is [2H]c1c([2H])c([2H])c(C(C(N)=O)(c2c([2H])c([2H])c([2H])c([2H])c2[2H])[C@@H]2CCN(C([2H])([2H])Cc3c([2H])c([2H])c4c(c3[2H])C([2H])([2H])C([2H])([2H])O4)C2)c([2H])c1[2H]. The molecule has 32 heavy (non-hydrogen) atoms. The van der Waals surface area contributed by atoms with Gasteiger partial charge < -0.3 is 15.4 Å². The Bertz CT molecular complexity index is 1890. The van der Waals surface area contributed by atoms with Crippen molar-refractivity contribution in [1.29, 1.82) is 0 Å². The van der Waals surface area contributed by atoms with Crippen molar-refractivity contribution >= 4 is 5.91 Å². The first-order valence-electron chi connectivity index (χ1n) is 19.3. The minimum atomic E-state index is -3.00. The topological polar surface area (TPSA) is 55.6 Å². The van der Waals surface area contributed by atoms with E-state index < -0.39 is 156 Å². The van der Waals surface area contributed by atoms with Crippen molar-refractivity contribution in [1.82, 2.24) is 4.90 Å². The zero-order chi connectivity index (χ0) is 38.7. The molecule has 0 saturated carbocycles. The molecule has 0 aliphatic carbocycles. The zero-order valence-corrected chi connectivity index (χ0v) is 16.7. The molecule has 0 bridgehead atoms.